The summed E-state index contributed by atoms with van der Waals surface area (Å²) in [5.74, 6) is 0.909. The summed E-state index contributed by atoms with van der Waals surface area (Å²) in [7, 11) is 3.46. The van der Waals surface area contributed by atoms with Crippen molar-refractivity contribution in [3.63, 3.8) is 0 Å². The molecule has 1 aliphatic rings. The van der Waals surface area contributed by atoms with Gasteiger partial charge in [-0.05, 0) is 37.6 Å². The van der Waals surface area contributed by atoms with Crippen LogP contribution in [0.1, 0.15) is 37.7 Å². The molecular formula is C16H24N2O2. The van der Waals surface area contributed by atoms with Crippen LogP contribution in [0.15, 0.2) is 24.3 Å². The highest BCUT2D eigenvalue weighted by Crippen LogP contribution is 2.37. The molecule has 0 aromatic heterocycles. The Morgan fingerprint density at radius 3 is 2.40 bits per heavy atom. The molecule has 0 radical (unpaired) electrons. The number of hydrogen-bond donors (Lipinski definition) is 2. The third-order valence-electron chi connectivity index (χ3n) is 4.07. The zero-order chi connectivity index (χ0) is 14.4. The van der Waals surface area contributed by atoms with Crippen molar-refractivity contribution in [3.05, 3.63) is 29.8 Å². The lowest BCUT2D eigenvalue weighted by atomic mass is 9.76. The summed E-state index contributed by atoms with van der Waals surface area (Å²) in [5.41, 5.74) is 0.973. The maximum atomic E-state index is 12.0. The third kappa shape index (κ3) is 3.31. The van der Waals surface area contributed by atoms with E-state index in [2.05, 4.69) is 22.8 Å². The molecule has 1 amide bonds. The first-order valence-corrected chi connectivity index (χ1v) is 7.30. The fourth-order valence-electron chi connectivity index (χ4n) is 3.02. The van der Waals surface area contributed by atoms with Crippen LogP contribution in [0.2, 0.25) is 0 Å². The Hall–Kier alpha value is -1.55. The highest BCUT2D eigenvalue weighted by molar-refractivity contribution is 5.79. The van der Waals surface area contributed by atoms with Crippen LogP contribution in [0.3, 0.4) is 0 Å². The van der Waals surface area contributed by atoms with Crippen LogP contribution in [-0.2, 0) is 10.3 Å². The Labute approximate surface area is 120 Å². The van der Waals surface area contributed by atoms with Crippen molar-refractivity contribution in [2.24, 2.45) is 0 Å². The maximum absolute atomic E-state index is 12.0. The molecule has 0 unspecified atom stereocenters. The van der Waals surface area contributed by atoms with Crippen molar-refractivity contribution in [2.45, 2.75) is 37.6 Å². The van der Waals surface area contributed by atoms with Gasteiger partial charge in [0.2, 0.25) is 5.91 Å². The molecule has 0 heterocycles. The molecule has 1 aromatic carbocycles. The number of carbonyl (C=O) groups is 1. The van der Waals surface area contributed by atoms with E-state index in [0.717, 1.165) is 31.4 Å². The summed E-state index contributed by atoms with van der Waals surface area (Å²) in [5, 5.41) is 6.16. The van der Waals surface area contributed by atoms with Gasteiger partial charge < -0.3 is 15.4 Å². The predicted molar refractivity (Wildman–Crippen MR) is 79.8 cm³/mol. The first-order chi connectivity index (χ1) is 9.70. The van der Waals surface area contributed by atoms with E-state index in [1.165, 1.54) is 12.0 Å². The Kier molecular flexibility index (Phi) is 5.01. The molecule has 1 aliphatic carbocycles. The lowest BCUT2D eigenvalue weighted by Crippen LogP contribution is -2.49. The Morgan fingerprint density at radius 1 is 1.20 bits per heavy atom. The molecule has 0 aliphatic heterocycles. The highest BCUT2D eigenvalue weighted by atomic mass is 16.5. The molecule has 0 saturated heterocycles. The fraction of sp³-hybridized carbons (Fsp3) is 0.562. The second-order valence-electron chi connectivity index (χ2n) is 5.45. The van der Waals surface area contributed by atoms with Crippen molar-refractivity contribution in [1.29, 1.82) is 0 Å². The number of carbonyl (C=O) groups excluding carboxylic acids is 1. The van der Waals surface area contributed by atoms with Crippen LogP contribution in [0, 0.1) is 0 Å². The van der Waals surface area contributed by atoms with E-state index in [4.69, 9.17) is 4.74 Å². The molecule has 20 heavy (non-hydrogen) atoms. The molecule has 1 saturated carbocycles. The van der Waals surface area contributed by atoms with E-state index in [1.54, 1.807) is 14.2 Å². The zero-order valence-electron chi connectivity index (χ0n) is 12.4. The van der Waals surface area contributed by atoms with Crippen LogP contribution in [-0.4, -0.2) is 26.6 Å². The lowest BCUT2D eigenvalue weighted by Gasteiger charge is -2.39. The van der Waals surface area contributed by atoms with Gasteiger partial charge in [0.15, 0.2) is 0 Å². The molecule has 110 valence electrons. The summed E-state index contributed by atoms with van der Waals surface area (Å²) in [6.07, 6.45) is 5.58. The quantitative estimate of drug-likeness (QED) is 0.867. The van der Waals surface area contributed by atoms with E-state index < -0.39 is 0 Å². The van der Waals surface area contributed by atoms with Crippen LogP contribution in [0.25, 0.3) is 0 Å². The molecule has 2 rings (SSSR count). The maximum Gasteiger partial charge on any atom is 0.234 e. The molecular weight excluding hydrogens is 252 g/mol. The van der Waals surface area contributed by atoms with Crippen LogP contribution in [0.5, 0.6) is 5.75 Å². The van der Waals surface area contributed by atoms with Gasteiger partial charge in [-0.2, -0.15) is 0 Å². The number of methoxy groups -OCH3 is 1. The molecule has 4 heteroatoms. The Bertz CT molecular complexity index is 436. The smallest absolute Gasteiger partial charge is 0.234 e. The number of ether oxygens (including phenoxy) is 1. The van der Waals surface area contributed by atoms with Crippen molar-refractivity contribution < 1.29 is 9.53 Å². The lowest BCUT2D eigenvalue weighted by molar-refractivity contribution is -0.122. The predicted octanol–water partition coefficient (Wildman–Crippen LogP) is 2.19. The normalized spacial score (nSPS) is 17.5. The van der Waals surface area contributed by atoms with Crippen molar-refractivity contribution in [2.75, 3.05) is 20.7 Å². The van der Waals surface area contributed by atoms with Crippen LogP contribution >= 0.6 is 0 Å². The van der Waals surface area contributed by atoms with Gasteiger partial charge in [0.1, 0.15) is 5.75 Å². The van der Waals surface area contributed by atoms with E-state index in [-0.39, 0.29) is 11.4 Å². The molecule has 1 aromatic rings. The van der Waals surface area contributed by atoms with Gasteiger partial charge in [-0.1, -0.05) is 31.4 Å². The molecule has 0 spiro atoms. The largest absolute Gasteiger partial charge is 0.497 e. The van der Waals surface area contributed by atoms with Crippen LogP contribution in [0.4, 0.5) is 0 Å². The molecule has 4 nitrogen and oxygen atoms in total. The average molecular weight is 276 g/mol. The number of rotatable bonds is 5. The summed E-state index contributed by atoms with van der Waals surface area (Å²) in [6, 6.07) is 8.08. The number of benzene rings is 1. The monoisotopic (exact) mass is 276 g/mol. The average Bonchev–Trinajstić information content (AvgIpc) is 2.48. The topological polar surface area (TPSA) is 50.4 Å². The Morgan fingerprint density at radius 2 is 1.85 bits per heavy atom. The van der Waals surface area contributed by atoms with Crippen molar-refractivity contribution in [3.8, 4) is 5.75 Å². The van der Waals surface area contributed by atoms with E-state index >= 15 is 0 Å². The Balaban J connectivity index is 2.22. The second-order valence-corrected chi connectivity index (χ2v) is 5.45. The van der Waals surface area contributed by atoms with Gasteiger partial charge in [0.05, 0.1) is 19.2 Å². The van der Waals surface area contributed by atoms with Gasteiger partial charge in [-0.25, -0.2) is 0 Å². The van der Waals surface area contributed by atoms with Gasteiger partial charge in [0.25, 0.3) is 0 Å². The second kappa shape index (κ2) is 6.75. The fourth-order valence-corrected chi connectivity index (χ4v) is 3.02. The molecule has 0 bridgehead atoms. The number of hydrogen-bond acceptors (Lipinski definition) is 3. The van der Waals surface area contributed by atoms with Crippen molar-refractivity contribution >= 4 is 5.91 Å². The van der Waals surface area contributed by atoms with E-state index in [0.29, 0.717) is 6.54 Å². The summed E-state index contributed by atoms with van der Waals surface area (Å²) < 4.78 is 5.21. The van der Waals surface area contributed by atoms with E-state index in [9.17, 15) is 4.79 Å². The minimum absolute atomic E-state index is 0.0604. The molecule has 0 atom stereocenters. The zero-order valence-corrected chi connectivity index (χ0v) is 12.4. The summed E-state index contributed by atoms with van der Waals surface area (Å²) in [4.78, 5) is 12.0. The van der Waals surface area contributed by atoms with Gasteiger partial charge in [0, 0.05) is 0 Å². The standard InChI is InChI=1S/C16H24N2O2/c1-17-12-15(19)18-16(10-4-3-5-11-16)13-6-8-14(20-2)9-7-13/h6-9,17H,3-5,10-12H2,1-2H3,(H,18,19). The van der Waals surface area contributed by atoms with Crippen LogP contribution < -0.4 is 15.4 Å². The first kappa shape index (κ1) is 14.9. The summed E-state index contributed by atoms with van der Waals surface area (Å²) >= 11 is 0. The SMILES string of the molecule is CNCC(=O)NC1(c2ccc(OC)cc2)CCCCC1. The number of amides is 1. The third-order valence-corrected chi connectivity index (χ3v) is 4.07. The van der Waals surface area contributed by atoms with Crippen molar-refractivity contribution in [1.82, 2.24) is 10.6 Å². The minimum atomic E-state index is -0.210. The molecule has 2 N–H and O–H groups in total. The first-order valence-electron chi connectivity index (χ1n) is 7.30. The van der Waals surface area contributed by atoms with E-state index in [1.807, 2.05) is 12.1 Å². The minimum Gasteiger partial charge on any atom is -0.497 e. The summed E-state index contributed by atoms with van der Waals surface area (Å²) in [6.45, 7) is 0.359. The van der Waals surface area contributed by atoms with Gasteiger partial charge in [-0.15, -0.1) is 0 Å². The van der Waals surface area contributed by atoms with Gasteiger partial charge >= 0.3 is 0 Å². The number of nitrogens with one attached hydrogen (secondary N) is 2. The highest BCUT2D eigenvalue weighted by Gasteiger charge is 2.35. The van der Waals surface area contributed by atoms with Gasteiger partial charge in [-0.3, -0.25) is 4.79 Å². The number of likely N-dealkylation sites (N-methyl/N-ethyl adjacent to an activating group) is 1. The molecule has 1 fully saturated rings.